The number of benzene rings is 3. The number of anilines is 2. The summed E-state index contributed by atoms with van der Waals surface area (Å²) in [4.78, 5) is 35.4. The number of carbonyl (C=O) groups excluding carboxylic acids is 2. The van der Waals surface area contributed by atoms with Gasteiger partial charge >= 0.3 is 12.1 Å². The van der Waals surface area contributed by atoms with Crippen LogP contribution in [0.1, 0.15) is 44.0 Å². The maximum absolute atomic E-state index is 13.4. The van der Waals surface area contributed by atoms with E-state index in [1.807, 2.05) is 61.5 Å². The Morgan fingerprint density at radius 3 is 2.50 bits per heavy atom. The number of nitrogens with two attached hydrogens (primary N) is 1. The first-order chi connectivity index (χ1) is 22.0. The highest BCUT2D eigenvalue weighted by Crippen LogP contribution is 2.35. The van der Waals surface area contributed by atoms with Crippen LogP contribution in [0.15, 0.2) is 79.0 Å². The highest BCUT2D eigenvalue weighted by atomic mass is 16.5. The van der Waals surface area contributed by atoms with Gasteiger partial charge in [-0.1, -0.05) is 62.7 Å². The predicted molar refractivity (Wildman–Crippen MR) is 176 cm³/mol. The maximum Gasteiger partial charge on any atom is 0.324 e. The van der Waals surface area contributed by atoms with Gasteiger partial charge < -0.3 is 25.4 Å². The van der Waals surface area contributed by atoms with Crippen LogP contribution in [0.4, 0.5) is 21.1 Å². The summed E-state index contributed by atoms with van der Waals surface area (Å²) < 4.78 is 13.7. The largest absolute Gasteiger partial charge is 0.438 e. The van der Waals surface area contributed by atoms with Gasteiger partial charge in [0.25, 0.3) is 0 Å². The standard InChI is InChI=1S/C34H36N8O4/c1-21-9-11-22(12-10-21)42-29(19-28(40-42)34(2,3)4)38-33(44)37-25-13-14-26(24-8-6-5-7-23(24)25)46-30-15-16-36-31(39-30)27-20-41(32(35)43)17-18-45-27/h5-16,19,27H,17-18,20H2,1-4H3,(H2,35,43)(H2,37,38,44). The van der Waals surface area contributed by atoms with Crippen molar-refractivity contribution in [1.29, 1.82) is 0 Å². The summed E-state index contributed by atoms with van der Waals surface area (Å²) >= 11 is 0. The van der Waals surface area contributed by atoms with Gasteiger partial charge in [-0.3, -0.25) is 5.32 Å². The second-order valence-corrected chi connectivity index (χ2v) is 12.1. The van der Waals surface area contributed by atoms with Crippen molar-refractivity contribution in [3.63, 3.8) is 0 Å². The Hall–Kier alpha value is -5.49. The smallest absolute Gasteiger partial charge is 0.324 e. The van der Waals surface area contributed by atoms with Gasteiger partial charge in [0.1, 0.15) is 17.7 Å². The van der Waals surface area contributed by atoms with Crippen LogP contribution in [0, 0.1) is 6.92 Å². The first-order valence-electron chi connectivity index (χ1n) is 15.0. The number of aryl methyl sites for hydroxylation is 1. The van der Waals surface area contributed by atoms with Crippen LogP contribution in [0.2, 0.25) is 0 Å². The number of primary amides is 1. The third-order valence-electron chi connectivity index (χ3n) is 7.66. The molecule has 0 bridgehead atoms. The van der Waals surface area contributed by atoms with Crippen LogP contribution in [-0.4, -0.2) is 56.4 Å². The summed E-state index contributed by atoms with van der Waals surface area (Å²) in [7, 11) is 0. The number of amides is 4. The van der Waals surface area contributed by atoms with Gasteiger partial charge in [0, 0.05) is 41.1 Å². The maximum atomic E-state index is 13.4. The van der Waals surface area contributed by atoms with Gasteiger partial charge in [-0.05, 0) is 31.2 Å². The molecule has 3 heterocycles. The van der Waals surface area contributed by atoms with E-state index in [1.165, 1.54) is 4.90 Å². The molecule has 12 nitrogen and oxygen atoms in total. The predicted octanol–water partition coefficient (Wildman–Crippen LogP) is 6.31. The summed E-state index contributed by atoms with van der Waals surface area (Å²) in [6.45, 7) is 9.28. The third-order valence-corrected chi connectivity index (χ3v) is 7.66. The molecular formula is C34H36N8O4. The minimum atomic E-state index is -0.520. The van der Waals surface area contributed by atoms with Crippen LogP contribution in [-0.2, 0) is 10.2 Å². The molecule has 4 amide bonds. The zero-order valence-electron chi connectivity index (χ0n) is 26.2. The van der Waals surface area contributed by atoms with Crippen molar-refractivity contribution in [2.24, 2.45) is 5.73 Å². The summed E-state index contributed by atoms with van der Waals surface area (Å²) in [5.41, 5.74) is 8.67. The monoisotopic (exact) mass is 620 g/mol. The molecule has 1 saturated heterocycles. The van der Waals surface area contributed by atoms with Crippen LogP contribution in [0.3, 0.4) is 0 Å². The van der Waals surface area contributed by atoms with Crippen molar-refractivity contribution >= 4 is 34.3 Å². The molecular weight excluding hydrogens is 584 g/mol. The SMILES string of the molecule is Cc1ccc(-n2nc(C(C)(C)C)cc2NC(=O)Nc2ccc(Oc3ccnc(C4CN(C(N)=O)CCO4)n3)c3ccccc23)cc1. The Morgan fingerprint density at radius 2 is 1.76 bits per heavy atom. The molecule has 1 atom stereocenters. The van der Waals surface area contributed by atoms with E-state index in [2.05, 4.69) is 41.4 Å². The normalized spacial score (nSPS) is 15.0. The van der Waals surface area contributed by atoms with Crippen molar-refractivity contribution < 1.29 is 19.1 Å². The Balaban J connectivity index is 1.23. The zero-order chi connectivity index (χ0) is 32.4. The summed E-state index contributed by atoms with van der Waals surface area (Å²) in [5, 5.41) is 12.3. The number of nitrogens with one attached hydrogen (secondary N) is 2. The molecule has 1 aliphatic rings. The lowest BCUT2D eigenvalue weighted by Crippen LogP contribution is -2.45. The van der Waals surface area contributed by atoms with Crippen LogP contribution in [0.25, 0.3) is 16.5 Å². The van der Waals surface area contributed by atoms with Crippen molar-refractivity contribution in [3.05, 3.63) is 96.1 Å². The van der Waals surface area contributed by atoms with Gasteiger partial charge in [-0.25, -0.2) is 19.3 Å². The Labute approximate surface area is 266 Å². The van der Waals surface area contributed by atoms with Crippen LogP contribution < -0.4 is 21.1 Å². The minimum absolute atomic E-state index is 0.216. The van der Waals surface area contributed by atoms with E-state index in [9.17, 15) is 9.59 Å². The van der Waals surface area contributed by atoms with E-state index in [-0.39, 0.29) is 12.0 Å². The number of hydrogen-bond acceptors (Lipinski definition) is 7. The average molecular weight is 621 g/mol. The lowest BCUT2D eigenvalue weighted by Gasteiger charge is -2.30. The third kappa shape index (κ3) is 6.61. The fourth-order valence-corrected chi connectivity index (χ4v) is 5.15. The molecule has 2 aromatic heterocycles. The molecule has 0 aliphatic carbocycles. The number of nitrogens with zero attached hydrogens (tertiary/aromatic N) is 5. The van der Waals surface area contributed by atoms with Gasteiger partial charge in [0.15, 0.2) is 5.82 Å². The van der Waals surface area contributed by atoms with E-state index in [1.54, 1.807) is 29.1 Å². The second kappa shape index (κ2) is 12.5. The Kier molecular flexibility index (Phi) is 8.29. The fourth-order valence-electron chi connectivity index (χ4n) is 5.15. The molecule has 3 aromatic carbocycles. The zero-order valence-corrected chi connectivity index (χ0v) is 26.2. The van der Waals surface area contributed by atoms with Gasteiger partial charge in [-0.15, -0.1) is 0 Å². The average Bonchev–Trinajstić information content (AvgIpc) is 3.47. The molecule has 1 aliphatic heterocycles. The van der Waals surface area contributed by atoms with E-state index >= 15 is 0 Å². The number of carbonyl (C=O) groups is 2. The lowest BCUT2D eigenvalue weighted by molar-refractivity contribution is -0.0189. The van der Waals surface area contributed by atoms with Crippen molar-refractivity contribution in [1.82, 2.24) is 24.6 Å². The second-order valence-electron chi connectivity index (χ2n) is 12.1. The number of hydrogen-bond donors (Lipinski definition) is 3. The number of fused-ring (bicyclic) bond motifs is 1. The molecule has 5 aromatic rings. The van der Waals surface area contributed by atoms with Crippen molar-refractivity contribution in [3.8, 4) is 17.3 Å². The quantitative estimate of drug-likeness (QED) is 0.201. The van der Waals surface area contributed by atoms with Crippen molar-refractivity contribution in [2.75, 3.05) is 30.3 Å². The Morgan fingerprint density at radius 1 is 1.00 bits per heavy atom. The number of morpholine rings is 1. The minimum Gasteiger partial charge on any atom is -0.438 e. The van der Waals surface area contributed by atoms with E-state index in [0.29, 0.717) is 42.1 Å². The molecule has 6 rings (SSSR count). The highest BCUT2D eigenvalue weighted by Gasteiger charge is 2.27. The lowest BCUT2D eigenvalue weighted by atomic mass is 9.92. The number of rotatable bonds is 6. The van der Waals surface area contributed by atoms with Gasteiger partial charge in [-0.2, -0.15) is 10.1 Å². The first-order valence-corrected chi connectivity index (χ1v) is 15.0. The van der Waals surface area contributed by atoms with Gasteiger partial charge in [0.05, 0.1) is 30.2 Å². The number of aromatic nitrogens is 4. The number of ether oxygens (including phenoxy) is 2. The van der Waals surface area contributed by atoms with Crippen LogP contribution >= 0.6 is 0 Å². The van der Waals surface area contributed by atoms with Crippen molar-refractivity contribution in [2.45, 2.75) is 39.2 Å². The van der Waals surface area contributed by atoms with E-state index in [0.717, 1.165) is 27.7 Å². The van der Waals surface area contributed by atoms with Gasteiger partial charge in [0.2, 0.25) is 5.88 Å². The molecule has 1 fully saturated rings. The first kappa shape index (κ1) is 30.5. The topological polar surface area (TPSA) is 150 Å². The molecule has 4 N–H and O–H groups in total. The molecule has 236 valence electrons. The Bertz CT molecular complexity index is 1900. The molecule has 0 saturated carbocycles. The molecule has 46 heavy (non-hydrogen) atoms. The summed E-state index contributed by atoms with van der Waals surface area (Å²) in [6.07, 6.45) is 1.06. The molecule has 1 unspecified atom stereocenters. The number of urea groups is 2. The van der Waals surface area contributed by atoms with Crippen LogP contribution in [0.5, 0.6) is 11.6 Å². The molecule has 0 spiro atoms. The fraction of sp³-hybridized carbons (Fsp3) is 0.265. The molecule has 12 heteroatoms. The van der Waals surface area contributed by atoms with E-state index in [4.69, 9.17) is 20.3 Å². The van der Waals surface area contributed by atoms with E-state index < -0.39 is 18.2 Å². The summed E-state index contributed by atoms with van der Waals surface area (Å²) in [5.74, 6) is 1.80. The molecule has 0 radical (unpaired) electrons. The highest BCUT2D eigenvalue weighted by molar-refractivity contribution is 6.07. The summed E-state index contributed by atoms with van der Waals surface area (Å²) in [6, 6.07) is 21.8.